The average Bonchev–Trinajstić information content (AvgIpc) is 2.67. The first-order valence-electron chi connectivity index (χ1n) is 7.63. The number of para-hydroxylation sites is 2. The van der Waals surface area contributed by atoms with E-state index in [1.54, 1.807) is 31.4 Å². The fourth-order valence-corrected chi connectivity index (χ4v) is 2.31. The summed E-state index contributed by atoms with van der Waals surface area (Å²) in [5.74, 6) is 0.571. The Kier molecular flexibility index (Phi) is 4.77. The monoisotopic (exact) mass is 318 g/mol. The van der Waals surface area contributed by atoms with E-state index in [9.17, 15) is 4.79 Å². The summed E-state index contributed by atoms with van der Waals surface area (Å²) in [6.45, 7) is 0. The molecule has 3 aromatic rings. The molecule has 3 aromatic carbocycles. The minimum Gasteiger partial charge on any atom is -0.497 e. The van der Waals surface area contributed by atoms with Crippen molar-refractivity contribution in [3.05, 3.63) is 90.5 Å². The summed E-state index contributed by atoms with van der Waals surface area (Å²) in [6, 6.07) is 26.2. The molecule has 0 aliphatic carbocycles. The zero-order valence-electron chi connectivity index (χ0n) is 13.3. The number of hydrogen-bond donors (Lipinski definition) is 1. The van der Waals surface area contributed by atoms with E-state index in [4.69, 9.17) is 4.74 Å². The molecule has 0 saturated heterocycles. The number of benzene rings is 3. The maximum Gasteiger partial charge on any atom is 0.276 e. The number of ether oxygens (including phenoxy) is 1. The van der Waals surface area contributed by atoms with Crippen LogP contribution < -0.4 is 15.2 Å². The summed E-state index contributed by atoms with van der Waals surface area (Å²) in [6.07, 6.45) is 0. The second kappa shape index (κ2) is 7.33. The predicted molar refractivity (Wildman–Crippen MR) is 96.3 cm³/mol. The Bertz CT molecular complexity index is 787. The summed E-state index contributed by atoms with van der Waals surface area (Å²) in [4.78, 5) is 13.0. The highest BCUT2D eigenvalue weighted by molar-refractivity contribution is 6.07. The first-order valence-corrected chi connectivity index (χ1v) is 7.63. The number of anilines is 2. The van der Waals surface area contributed by atoms with Gasteiger partial charge in [0.2, 0.25) is 0 Å². The Balaban J connectivity index is 1.92. The molecule has 1 N–H and O–H groups in total. The molecular weight excluding hydrogens is 300 g/mol. The molecule has 0 unspecified atom stereocenters. The highest BCUT2D eigenvalue weighted by atomic mass is 16.5. The van der Waals surface area contributed by atoms with E-state index in [0.29, 0.717) is 11.3 Å². The molecule has 0 spiro atoms. The number of carbonyl (C=O) groups is 1. The normalized spacial score (nSPS) is 10.0. The van der Waals surface area contributed by atoms with Crippen LogP contribution in [-0.2, 0) is 0 Å². The van der Waals surface area contributed by atoms with Gasteiger partial charge in [-0.15, -0.1) is 0 Å². The second-order valence-electron chi connectivity index (χ2n) is 5.18. The average molecular weight is 318 g/mol. The number of nitrogens with zero attached hydrogens (tertiary/aromatic N) is 1. The van der Waals surface area contributed by atoms with E-state index < -0.39 is 0 Å². The van der Waals surface area contributed by atoms with Crippen LogP contribution in [0.2, 0.25) is 0 Å². The molecule has 4 nitrogen and oxygen atoms in total. The highest BCUT2D eigenvalue weighted by Gasteiger charge is 2.18. The third kappa shape index (κ3) is 3.55. The highest BCUT2D eigenvalue weighted by Crippen LogP contribution is 2.20. The lowest BCUT2D eigenvalue weighted by Crippen LogP contribution is -2.36. The maximum atomic E-state index is 13.0. The van der Waals surface area contributed by atoms with Gasteiger partial charge in [-0.1, -0.05) is 36.4 Å². The van der Waals surface area contributed by atoms with Crippen LogP contribution in [0.3, 0.4) is 0 Å². The molecule has 0 saturated carbocycles. The lowest BCUT2D eigenvalue weighted by molar-refractivity contribution is 0.0992. The first-order chi connectivity index (χ1) is 11.8. The van der Waals surface area contributed by atoms with Crippen molar-refractivity contribution in [1.82, 2.24) is 0 Å². The second-order valence-corrected chi connectivity index (χ2v) is 5.18. The summed E-state index contributed by atoms with van der Waals surface area (Å²) in [7, 11) is 1.60. The van der Waals surface area contributed by atoms with Gasteiger partial charge in [0.05, 0.1) is 18.5 Å². The quantitative estimate of drug-likeness (QED) is 0.710. The fourth-order valence-electron chi connectivity index (χ4n) is 2.31. The number of nitrogens with one attached hydrogen (secondary N) is 1. The van der Waals surface area contributed by atoms with Crippen LogP contribution >= 0.6 is 0 Å². The van der Waals surface area contributed by atoms with Crippen LogP contribution in [0.15, 0.2) is 84.9 Å². The van der Waals surface area contributed by atoms with Gasteiger partial charge in [0, 0.05) is 5.56 Å². The van der Waals surface area contributed by atoms with Gasteiger partial charge in [-0.25, -0.2) is 5.01 Å². The van der Waals surface area contributed by atoms with Crippen molar-refractivity contribution in [3.63, 3.8) is 0 Å². The summed E-state index contributed by atoms with van der Waals surface area (Å²) < 4.78 is 5.15. The fraction of sp³-hybridized carbons (Fsp3) is 0.0500. The minimum atomic E-state index is -0.146. The van der Waals surface area contributed by atoms with Crippen LogP contribution in [-0.4, -0.2) is 13.0 Å². The van der Waals surface area contributed by atoms with Crippen LogP contribution in [0.5, 0.6) is 5.75 Å². The van der Waals surface area contributed by atoms with Crippen molar-refractivity contribution in [1.29, 1.82) is 0 Å². The summed E-state index contributed by atoms with van der Waals surface area (Å²) in [5, 5.41) is 1.54. The van der Waals surface area contributed by atoms with Crippen LogP contribution in [0.25, 0.3) is 0 Å². The Labute approximate surface area is 141 Å². The Morgan fingerprint density at radius 3 is 2.00 bits per heavy atom. The van der Waals surface area contributed by atoms with E-state index >= 15 is 0 Å². The molecule has 0 bridgehead atoms. The van der Waals surface area contributed by atoms with Crippen LogP contribution in [0.1, 0.15) is 10.4 Å². The van der Waals surface area contributed by atoms with Gasteiger partial charge in [0.15, 0.2) is 0 Å². The van der Waals surface area contributed by atoms with E-state index in [1.807, 2.05) is 60.7 Å². The number of rotatable bonds is 5. The van der Waals surface area contributed by atoms with E-state index in [-0.39, 0.29) is 5.91 Å². The molecule has 0 radical (unpaired) electrons. The zero-order valence-corrected chi connectivity index (χ0v) is 13.3. The van der Waals surface area contributed by atoms with Crippen LogP contribution in [0.4, 0.5) is 11.4 Å². The van der Waals surface area contributed by atoms with Crippen molar-refractivity contribution in [2.24, 2.45) is 0 Å². The third-order valence-electron chi connectivity index (χ3n) is 3.57. The predicted octanol–water partition coefficient (Wildman–Crippen LogP) is 4.37. The van der Waals surface area contributed by atoms with Crippen molar-refractivity contribution >= 4 is 17.3 Å². The van der Waals surface area contributed by atoms with Gasteiger partial charge in [0.1, 0.15) is 5.75 Å². The number of hydrazine groups is 1. The van der Waals surface area contributed by atoms with Crippen molar-refractivity contribution in [2.75, 3.05) is 17.5 Å². The summed E-state index contributed by atoms with van der Waals surface area (Å²) >= 11 is 0. The Morgan fingerprint density at radius 2 is 1.42 bits per heavy atom. The molecule has 0 aliphatic rings. The SMILES string of the molecule is COc1ccc(C(=O)N(Nc2ccccc2)c2ccccc2)cc1. The minimum absolute atomic E-state index is 0.146. The van der Waals surface area contributed by atoms with E-state index in [2.05, 4.69) is 5.43 Å². The number of hydrogen-bond acceptors (Lipinski definition) is 3. The molecule has 0 aliphatic heterocycles. The number of carbonyl (C=O) groups excluding carboxylic acids is 1. The third-order valence-corrected chi connectivity index (χ3v) is 3.57. The molecule has 1 amide bonds. The standard InChI is InChI=1S/C20H18N2O2/c1-24-19-14-12-16(13-15-19)20(23)22(18-10-6-3-7-11-18)21-17-8-4-2-5-9-17/h2-15,21H,1H3. The lowest BCUT2D eigenvalue weighted by atomic mass is 10.2. The van der Waals surface area contributed by atoms with Crippen molar-refractivity contribution in [2.45, 2.75) is 0 Å². The summed E-state index contributed by atoms with van der Waals surface area (Å²) in [5.41, 5.74) is 5.35. The Morgan fingerprint density at radius 1 is 0.833 bits per heavy atom. The molecule has 120 valence electrons. The largest absolute Gasteiger partial charge is 0.497 e. The Hall–Kier alpha value is -3.27. The molecule has 3 rings (SSSR count). The maximum absolute atomic E-state index is 13.0. The van der Waals surface area contributed by atoms with Gasteiger partial charge >= 0.3 is 0 Å². The number of methoxy groups -OCH3 is 1. The smallest absolute Gasteiger partial charge is 0.276 e. The van der Waals surface area contributed by atoms with Crippen molar-refractivity contribution < 1.29 is 9.53 Å². The van der Waals surface area contributed by atoms with Gasteiger partial charge in [-0.05, 0) is 48.5 Å². The van der Waals surface area contributed by atoms with E-state index in [1.165, 1.54) is 5.01 Å². The topological polar surface area (TPSA) is 41.6 Å². The van der Waals surface area contributed by atoms with Crippen molar-refractivity contribution in [3.8, 4) is 5.75 Å². The molecule has 0 atom stereocenters. The molecule has 0 fully saturated rings. The first kappa shape index (κ1) is 15.6. The molecule has 4 heteroatoms. The van der Waals surface area contributed by atoms with Gasteiger partial charge < -0.3 is 4.74 Å². The zero-order chi connectivity index (χ0) is 16.8. The molecule has 0 aromatic heterocycles. The number of amides is 1. The molecule has 24 heavy (non-hydrogen) atoms. The van der Waals surface area contributed by atoms with Gasteiger partial charge in [-0.3, -0.25) is 10.2 Å². The van der Waals surface area contributed by atoms with Gasteiger partial charge in [-0.2, -0.15) is 0 Å². The lowest BCUT2D eigenvalue weighted by Gasteiger charge is -2.24. The molecule has 0 heterocycles. The van der Waals surface area contributed by atoms with E-state index in [0.717, 1.165) is 11.4 Å². The molecular formula is C20H18N2O2. The van der Waals surface area contributed by atoms with Crippen LogP contribution in [0, 0.1) is 0 Å². The van der Waals surface area contributed by atoms with Gasteiger partial charge in [0.25, 0.3) is 5.91 Å².